The van der Waals surface area contributed by atoms with Crippen LogP contribution in [0.2, 0.25) is 10.0 Å². The number of amides is 1. The molecule has 1 aliphatic heterocycles. The van der Waals surface area contributed by atoms with Crippen molar-refractivity contribution in [2.24, 2.45) is 5.16 Å². The van der Waals surface area contributed by atoms with Gasteiger partial charge in [-0.05, 0) is 65.4 Å². The van der Waals surface area contributed by atoms with Gasteiger partial charge in [0.05, 0.1) is 20.7 Å². The Bertz CT molecular complexity index is 1510. The van der Waals surface area contributed by atoms with Gasteiger partial charge in [-0.1, -0.05) is 67.3 Å². The Kier molecular flexibility index (Phi) is 8.10. The van der Waals surface area contributed by atoms with Crippen LogP contribution in [0.4, 0.5) is 17.6 Å². The molecule has 0 radical (unpaired) electrons. The summed E-state index contributed by atoms with van der Waals surface area (Å²) >= 11 is 11.5. The first-order valence-corrected chi connectivity index (χ1v) is 13.9. The van der Waals surface area contributed by atoms with Crippen LogP contribution >= 0.6 is 23.2 Å². The van der Waals surface area contributed by atoms with Gasteiger partial charge in [-0.25, -0.2) is 8.60 Å². The van der Waals surface area contributed by atoms with Gasteiger partial charge in [-0.2, -0.15) is 13.2 Å². The number of aryl methyl sites for hydroxylation is 1. The Balaban J connectivity index is 1.54. The summed E-state index contributed by atoms with van der Waals surface area (Å²) in [5.74, 6) is -1.66. The third-order valence-corrected chi connectivity index (χ3v) is 8.18. The number of carbonyl (C=O) groups is 1. The molecule has 3 aromatic carbocycles. The second-order valence-electron chi connectivity index (χ2n) is 10.4. The number of halogens is 6. The Hall–Kier alpha value is -2.95. The lowest BCUT2D eigenvalue weighted by molar-refractivity contribution is -0.275. The first-order valence-electron chi connectivity index (χ1n) is 11.9. The van der Waals surface area contributed by atoms with Crippen LogP contribution in [0, 0.1) is 12.7 Å². The second kappa shape index (κ2) is 10.8. The van der Waals surface area contributed by atoms with Gasteiger partial charge in [0.2, 0.25) is 0 Å². The number of nitrogens with one attached hydrogen (secondary N) is 1. The SMILES string of the molecule is Cc1cc(C2=NOC(c3cc(Cl)c(F)c(Cl)c3)(C(F)(F)F)C2)ccc1C(=O)NS(=O)c1ccc(C(C)(C)C)cc1. The monoisotopic (exact) mass is 614 g/mol. The summed E-state index contributed by atoms with van der Waals surface area (Å²) in [7, 11) is -1.83. The van der Waals surface area contributed by atoms with E-state index in [9.17, 15) is 26.6 Å². The van der Waals surface area contributed by atoms with Crippen LogP contribution in [0.5, 0.6) is 0 Å². The maximum atomic E-state index is 14.3. The van der Waals surface area contributed by atoms with Crippen molar-refractivity contribution in [3.05, 3.63) is 98.3 Å². The van der Waals surface area contributed by atoms with E-state index in [2.05, 4.69) is 9.88 Å². The molecular formula is C28H24Cl2F4N2O3S. The molecule has 0 saturated heterocycles. The van der Waals surface area contributed by atoms with Gasteiger partial charge in [0.15, 0.2) is 16.8 Å². The largest absolute Gasteiger partial charge is 0.435 e. The van der Waals surface area contributed by atoms with Crippen LogP contribution in [0.15, 0.2) is 64.6 Å². The van der Waals surface area contributed by atoms with Crippen LogP contribution in [-0.4, -0.2) is 22.0 Å². The summed E-state index contributed by atoms with van der Waals surface area (Å²) in [5.41, 5.74) is -1.66. The standard InChI is InChI=1S/C28H24Cl2F4N2O3S/c1-15-11-16(5-10-20(15)25(37)36-40(38)19-8-6-17(7-9-19)26(2,3)4)23-14-27(39-35-23,28(32,33)34)18-12-21(29)24(31)22(30)13-18/h5-13H,14H2,1-4H3,(H,36,37). The minimum absolute atomic E-state index is 0.0496. The molecular weight excluding hydrogens is 591 g/mol. The lowest BCUT2D eigenvalue weighted by atomic mass is 9.86. The molecule has 0 aliphatic carbocycles. The van der Waals surface area contributed by atoms with E-state index in [1.165, 1.54) is 18.2 Å². The molecule has 1 heterocycles. The van der Waals surface area contributed by atoms with E-state index >= 15 is 0 Å². The molecule has 0 bridgehead atoms. The third kappa shape index (κ3) is 5.75. The number of benzene rings is 3. The molecule has 3 aromatic rings. The van der Waals surface area contributed by atoms with Crippen molar-refractivity contribution in [1.29, 1.82) is 0 Å². The lowest BCUT2D eigenvalue weighted by Gasteiger charge is -2.29. The molecule has 212 valence electrons. The zero-order valence-electron chi connectivity index (χ0n) is 21.8. The molecule has 2 unspecified atom stereocenters. The van der Waals surface area contributed by atoms with Gasteiger partial charge in [0, 0.05) is 17.5 Å². The highest BCUT2D eigenvalue weighted by Gasteiger charge is 2.62. The fourth-order valence-electron chi connectivity index (χ4n) is 4.22. The Morgan fingerprint density at radius 2 is 1.62 bits per heavy atom. The van der Waals surface area contributed by atoms with Crippen molar-refractivity contribution in [3.63, 3.8) is 0 Å². The first-order chi connectivity index (χ1) is 18.5. The number of rotatable bonds is 5. The van der Waals surface area contributed by atoms with Gasteiger partial charge in [0.1, 0.15) is 0 Å². The molecule has 1 N–H and O–H groups in total. The smallest absolute Gasteiger partial charge is 0.374 e. The van der Waals surface area contributed by atoms with Crippen LogP contribution in [0.1, 0.15) is 59.8 Å². The molecule has 0 saturated carbocycles. The van der Waals surface area contributed by atoms with Crippen LogP contribution < -0.4 is 4.72 Å². The van der Waals surface area contributed by atoms with E-state index in [1.807, 2.05) is 32.9 Å². The summed E-state index contributed by atoms with van der Waals surface area (Å²) in [6, 6.07) is 13.0. The van der Waals surface area contributed by atoms with Crippen molar-refractivity contribution in [2.45, 2.75) is 56.2 Å². The van der Waals surface area contributed by atoms with Crippen molar-refractivity contribution >= 4 is 45.8 Å². The molecule has 40 heavy (non-hydrogen) atoms. The van der Waals surface area contributed by atoms with Crippen molar-refractivity contribution < 1.29 is 31.4 Å². The molecule has 1 amide bonds. The van der Waals surface area contributed by atoms with E-state index in [0.717, 1.165) is 17.7 Å². The molecule has 0 aromatic heterocycles. The average molecular weight is 615 g/mol. The van der Waals surface area contributed by atoms with Crippen LogP contribution in [0.25, 0.3) is 0 Å². The fraction of sp³-hybridized carbons (Fsp3) is 0.286. The van der Waals surface area contributed by atoms with E-state index in [-0.39, 0.29) is 22.3 Å². The lowest BCUT2D eigenvalue weighted by Crippen LogP contribution is -2.42. The highest BCUT2D eigenvalue weighted by Crippen LogP contribution is 2.50. The zero-order valence-corrected chi connectivity index (χ0v) is 24.1. The fourth-order valence-corrected chi connectivity index (χ4v) is 5.49. The predicted molar refractivity (Wildman–Crippen MR) is 147 cm³/mol. The highest BCUT2D eigenvalue weighted by atomic mass is 35.5. The molecule has 1 aliphatic rings. The quantitative estimate of drug-likeness (QED) is 0.236. The number of alkyl halides is 3. The van der Waals surface area contributed by atoms with E-state index < -0.39 is 56.5 Å². The maximum Gasteiger partial charge on any atom is 0.435 e. The van der Waals surface area contributed by atoms with Gasteiger partial charge < -0.3 is 4.84 Å². The molecule has 0 spiro atoms. The number of oxime groups is 1. The summed E-state index contributed by atoms with van der Waals surface area (Å²) in [6.07, 6.45) is -5.69. The second-order valence-corrected chi connectivity index (χ2v) is 12.4. The van der Waals surface area contributed by atoms with Crippen molar-refractivity contribution in [2.75, 3.05) is 0 Å². The molecule has 4 rings (SSSR count). The van der Waals surface area contributed by atoms with Gasteiger partial charge in [-0.3, -0.25) is 9.52 Å². The van der Waals surface area contributed by atoms with E-state index in [0.29, 0.717) is 10.5 Å². The van der Waals surface area contributed by atoms with Gasteiger partial charge >= 0.3 is 6.18 Å². The number of carbonyl (C=O) groups excluding carboxylic acids is 1. The Labute approximate surface area is 241 Å². The molecule has 12 heteroatoms. The minimum Gasteiger partial charge on any atom is -0.374 e. The molecule has 0 fully saturated rings. The summed E-state index contributed by atoms with van der Waals surface area (Å²) in [6.45, 7) is 7.74. The number of hydrogen-bond acceptors (Lipinski definition) is 4. The minimum atomic E-state index is -4.95. The Morgan fingerprint density at radius 3 is 2.15 bits per heavy atom. The van der Waals surface area contributed by atoms with E-state index in [4.69, 9.17) is 28.0 Å². The summed E-state index contributed by atoms with van der Waals surface area (Å²) in [4.78, 5) is 18.2. The maximum absolute atomic E-state index is 14.3. The van der Waals surface area contributed by atoms with E-state index in [1.54, 1.807) is 19.1 Å². The molecule has 2 atom stereocenters. The van der Waals surface area contributed by atoms with Crippen LogP contribution in [0.3, 0.4) is 0 Å². The summed E-state index contributed by atoms with van der Waals surface area (Å²) in [5, 5.41) is 2.51. The highest BCUT2D eigenvalue weighted by molar-refractivity contribution is 7.83. The van der Waals surface area contributed by atoms with Gasteiger partial charge in [0.25, 0.3) is 11.5 Å². The van der Waals surface area contributed by atoms with Gasteiger partial charge in [-0.15, -0.1) is 0 Å². The predicted octanol–water partition coefficient (Wildman–Crippen LogP) is 7.77. The average Bonchev–Trinajstić information content (AvgIpc) is 3.33. The molecule has 5 nitrogen and oxygen atoms in total. The van der Waals surface area contributed by atoms with Crippen LogP contribution in [-0.2, 0) is 26.8 Å². The Morgan fingerprint density at radius 1 is 1.02 bits per heavy atom. The number of nitrogens with zero attached hydrogens (tertiary/aromatic N) is 1. The van der Waals surface area contributed by atoms with Crippen molar-refractivity contribution in [1.82, 2.24) is 4.72 Å². The zero-order chi connectivity index (χ0) is 29.6. The summed E-state index contributed by atoms with van der Waals surface area (Å²) < 4.78 is 71.9. The number of hydrogen-bond donors (Lipinski definition) is 1. The topological polar surface area (TPSA) is 67.8 Å². The third-order valence-electron chi connectivity index (χ3n) is 6.56. The van der Waals surface area contributed by atoms with Crippen molar-refractivity contribution in [3.8, 4) is 0 Å². The first kappa shape index (κ1) is 30.0. The normalized spacial score (nSPS) is 18.2.